The Kier molecular flexibility index (Phi) is 4.97. The van der Waals surface area contributed by atoms with Gasteiger partial charge >= 0.3 is 0 Å². The maximum absolute atomic E-state index is 12.8. The number of hydrogen-bond acceptors (Lipinski definition) is 2. The van der Waals surface area contributed by atoms with Gasteiger partial charge in [-0.2, -0.15) is 0 Å². The highest BCUT2D eigenvalue weighted by atomic mass is 16.2. The topological polar surface area (TPSA) is 23.6 Å². The van der Waals surface area contributed by atoms with Crippen molar-refractivity contribution in [3.05, 3.63) is 35.9 Å². The third-order valence-electron chi connectivity index (χ3n) is 3.78. The number of amides is 1. The van der Waals surface area contributed by atoms with Gasteiger partial charge in [-0.25, -0.2) is 0 Å². The van der Waals surface area contributed by atoms with E-state index in [1.807, 2.05) is 54.2 Å². The van der Waals surface area contributed by atoms with E-state index in [1.54, 1.807) is 0 Å². The summed E-state index contributed by atoms with van der Waals surface area (Å²) in [5, 5.41) is 0. The molecule has 1 atom stereocenters. The molecular weight excluding hydrogens is 236 g/mol. The second kappa shape index (κ2) is 6.71. The van der Waals surface area contributed by atoms with Gasteiger partial charge in [-0.1, -0.05) is 43.2 Å². The first-order valence-corrected chi connectivity index (χ1v) is 7.20. The van der Waals surface area contributed by atoms with Gasteiger partial charge in [-0.15, -0.1) is 0 Å². The van der Waals surface area contributed by atoms with Crippen LogP contribution in [0.1, 0.15) is 37.3 Å². The SMILES string of the molecule is CN(C)C(C(=O)N1CCCCCC1)c1ccccc1. The minimum atomic E-state index is -0.153. The molecule has 0 spiro atoms. The molecule has 1 aliphatic rings. The molecule has 3 nitrogen and oxygen atoms in total. The molecule has 0 saturated carbocycles. The van der Waals surface area contributed by atoms with Gasteiger partial charge in [0, 0.05) is 13.1 Å². The monoisotopic (exact) mass is 260 g/mol. The Morgan fingerprint density at radius 3 is 2.16 bits per heavy atom. The fourth-order valence-corrected chi connectivity index (χ4v) is 2.76. The summed E-state index contributed by atoms with van der Waals surface area (Å²) >= 11 is 0. The van der Waals surface area contributed by atoms with Crippen molar-refractivity contribution < 1.29 is 4.79 Å². The van der Waals surface area contributed by atoms with Crippen molar-refractivity contribution in [2.24, 2.45) is 0 Å². The zero-order chi connectivity index (χ0) is 13.7. The third kappa shape index (κ3) is 3.57. The Morgan fingerprint density at radius 1 is 1.05 bits per heavy atom. The second-order valence-corrected chi connectivity index (χ2v) is 5.52. The van der Waals surface area contributed by atoms with E-state index in [2.05, 4.69) is 0 Å². The molecule has 1 aromatic carbocycles. The molecule has 1 heterocycles. The maximum Gasteiger partial charge on any atom is 0.244 e. The highest BCUT2D eigenvalue weighted by Gasteiger charge is 2.27. The van der Waals surface area contributed by atoms with Gasteiger partial charge in [0.15, 0.2) is 0 Å². The number of likely N-dealkylation sites (tertiary alicyclic amines) is 1. The summed E-state index contributed by atoms with van der Waals surface area (Å²) in [6.07, 6.45) is 4.78. The Labute approximate surface area is 116 Å². The van der Waals surface area contributed by atoms with Crippen LogP contribution < -0.4 is 0 Å². The second-order valence-electron chi connectivity index (χ2n) is 5.52. The van der Waals surface area contributed by atoms with Crippen molar-refractivity contribution in [3.63, 3.8) is 0 Å². The summed E-state index contributed by atoms with van der Waals surface area (Å²) in [7, 11) is 3.96. The van der Waals surface area contributed by atoms with E-state index in [0.29, 0.717) is 0 Å². The fraction of sp³-hybridized carbons (Fsp3) is 0.562. The fourth-order valence-electron chi connectivity index (χ4n) is 2.76. The molecule has 0 radical (unpaired) electrons. The largest absolute Gasteiger partial charge is 0.341 e. The highest BCUT2D eigenvalue weighted by molar-refractivity contribution is 5.83. The third-order valence-corrected chi connectivity index (χ3v) is 3.78. The van der Waals surface area contributed by atoms with Crippen LogP contribution in [0.4, 0.5) is 0 Å². The summed E-state index contributed by atoms with van der Waals surface area (Å²) in [6.45, 7) is 1.83. The summed E-state index contributed by atoms with van der Waals surface area (Å²) < 4.78 is 0. The standard InChI is InChI=1S/C16H24N2O/c1-17(2)15(14-10-6-5-7-11-14)16(19)18-12-8-3-4-9-13-18/h5-7,10-11,15H,3-4,8-9,12-13H2,1-2H3. The number of hydrogen-bond donors (Lipinski definition) is 0. The van der Waals surface area contributed by atoms with Gasteiger partial charge in [0.25, 0.3) is 0 Å². The van der Waals surface area contributed by atoms with Crippen molar-refractivity contribution >= 4 is 5.91 Å². The molecule has 0 aliphatic carbocycles. The lowest BCUT2D eigenvalue weighted by Gasteiger charge is -2.30. The molecule has 104 valence electrons. The number of likely N-dealkylation sites (N-methyl/N-ethyl adjacent to an activating group) is 1. The quantitative estimate of drug-likeness (QED) is 0.834. The first-order valence-electron chi connectivity index (χ1n) is 7.20. The summed E-state index contributed by atoms with van der Waals surface area (Å²) in [4.78, 5) is 16.8. The number of benzene rings is 1. The summed E-state index contributed by atoms with van der Waals surface area (Å²) in [6, 6.07) is 9.93. The molecule has 3 heteroatoms. The minimum absolute atomic E-state index is 0.153. The van der Waals surface area contributed by atoms with E-state index in [0.717, 1.165) is 31.5 Å². The van der Waals surface area contributed by atoms with E-state index in [9.17, 15) is 4.79 Å². The van der Waals surface area contributed by atoms with Crippen LogP contribution in [0.3, 0.4) is 0 Å². The lowest BCUT2D eigenvalue weighted by molar-refractivity contribution is -0.136. The van der Waals surface area contributed by atoms with Crippen molar-refractivity contribution in [3.8, 4) is 0 Å². The van der Waals surface area contributed by atoms with Gasteiger partial charge in [-0.05, 0) is 32.5 Å². The van der Waals surface area contributed by atoms with Crippen LogP contribution in [0.2, 0.25) is 0 Å². The molecule has 1 aromatic rings. The predicted octanol–water partition coefficient (Wildman–Crippen LogP) is 2.69. The molecule has 19 heavy (non-hydrogen) atoms. The first-order chi connectivity index (χ1) is 9.20. The first kappa shape index (κ1) is 14.1. The molecule has 0 aromatic heterocycles. The molecule has 0 N–H and O–H groups in total. The summed E-state index contributed by atoms with van der Waals surface area (Å²) in [5.41, 5.74) is 1.08. The lowest BCUT2D eigenvalue weighted by Crippen LogP contribution is -2.41. The van der Waals surface area contributed by atoms with E-state index < -0.39 is 0 Å². The molecule has 0 bridgehead atoms. The van der Waals surface area contributed by atoms with Gasteiger partial charge < -0.3 is 4.90 Å². The average molecular weight is 260 g/mol. The number of carbonyl (C=O) groups is 1. The summed E-state index contributed by atoms with van der Waals surface area (Å²) in [5.74, 6) is 0.248. The number of rotatable bonds is 3. The Morgan fingerprint density at radius 2 is 1.63 bits per heavy atom. The van der Waals surface area contributed by atoms with E-state index in [4.69, 9.17) is 0 Å². The normalized spacial score (nSPS) is 18.2. The highest BCUT2D eigenvalue weighted by Crippen LogP contribution is 2.22. The van der Waals surface area contributed by atoms with Crippen LogP contribution in [-0.2, 0) is 4.79 Å². The zero-order valence-corrected chi connectivity index (χ0v) is 12.0. The molecule has 1 unspecified atom stereocenters. The van der Waals surface area contributed by atoms with E-state index in [1.165, 1.54) is 12.8 Å². The van der Waals surface area contributed by atoms with E-state index in [-0.39, 0.29) is 11.9 Å². The molecule has 1 aliphatic heterocycles. The number of nitrogens with zero attached hydrogens (tertiary/aromatic N) is 2. The Hall–Kier alpha value is -1.35. The van der Waals surface area contributed by atoms with Gasteiger partial charge in [0.1, 0.15) is 6.04 Å². The van der Waals surface area contributed by atoms with Crippen LogP contribution >= 0.6 is 0 Å². The smallest absolute Gasteiger partial charge is 0.244 e. The number of carbonyl (C=O) groups excluding carboxylic acids is 1. The van der Waals surface area contributed by atoms with Crippen LogP contribution in [0.5, 0.6) is 0 Å². The Balaban J connectivity index is 2.16. The van der Waals surface area contributed by atoms with Gasteiger partial charge in [0.05, 0.1) is 0 Å². The van der Waals surface area contributed by atoms with Crippen molar-refractivity contribution in [1.29, 1.82) is 0 Å². The minimum Gasteiger partial charge on any atom is -0.341 e. The van der Waals surface area contributed by atoms with Crippen molar-refractivity contribution in [2.75, 3.05) is 27.2 Å². The Bertz CT molecular complexity index is 394. The van der Waals surface area contributed by atoms with E-state index >= 15 is 0 Å². The van der Waals surface area contributed by atoms with Crippen molar-refractivity contribution in [2.45, 2.75) is 31.7 Å². The lowest BCUT2D eigenvalue weighted by atomic mass is 10.0. The van der Waals surface area contributed by atoms with Crippen LogP contribution in [0, 0.1) is 0 Å². The zero-order valence-electron chi connectivity index (χ0n) is 12.0. The van der Waals surface area contributed by atoms with Crippen LogP contribution in [0.25, 0.3) is 0 Å². The predicted molar refractivity (Wildman–Crippen MR) is 77.9 cm³/mol. The van der Waals surface area contributed by atoms with Crippen LogP contribution in [-0.4, -0.2) is 42.9 Å². The van der Waals surface area contributed by atoms with Crippen molar-refractivity contribution in [1.82, 2.24) is 9.80 Å². The van der Waals surface area contributed by atoms with Gasteiger partial charge in [-0.3, -0.25) is 9.69 Å². The van der Waals surface area contributed by atoms with Gasteiger partial charge in [0.2, 0.25) is 5.91 Å². The molecule has 2 rings (SSSR count). The maximum atomic E-state index is 12.8. The van der Waals surface area contributed by atoms with Crippen LogP contribution in [0.15, 0.2) is 30.3 Å². The molecule has 1 fully saturated rings. The molecule has 1 amide bonds. The average Bonchev–Trinajstić information content (AvgIpc) is 2.68. The molecule has 1 saturated heterocycles. The molecular formula is C16H24N2O.